The van der Waals surface area contributed by atoms with Crippen LogP contribution in [-0.4, -0.2) is 44.4 Å². The van der Waals surface area contributed by atoms with Crippen molar-refractivity contribution in [1.29, 1.82) is 5.26 Å². The Morgan fingerprint density at radius 3 is 2.75 bits per heavy atom. The molecule has 0 saturated heterocycles. The van der Waals surface area contributed by atoms with Crippen molar-refractivity contribution in [3.05, 3.63) is 29.8 Å². The van der Waals surface area contributed by atoms with Gasteiger partial charge in [0.25, 0.3) is 0 Å². The van der Waals surface area contributed by atoms with Crippen LogP contribution in [0.2, 0.25) is 0 Å². The predicted octanol–water partition coefficient (Wildman–Crippen LogP) is 2.44. The van der Waals surface area contributed by atoms with Crippen LogP contribution in [0, 0.1) is 11.3 Å². The molecule has 1 aliphatic carbocycles. The second kappa shape index (κ2) is 7.88. The minimum Gasteiger partial charge on any atom is -0.492 e. The highest BCUT2D eigenvalue weighted by Gasteiger charge is 2.27. The average molecular weight is 274 g/mol. The maximum absolute atomic E-state index is 8.99. The van der Waals surface area contributed by atoms with Crippen molar-refractivity contribution in [2.75, 3.05) is 33.4 Å². The van der Waals surface area contributed by atoms with Gasteiger partial charge in [-0.2, -0.15) is 5.26 Å². The zero-order valence-electron chi connectivity index (χ0n) is 12.0. The first-order chi connectivity index (χ1) is 9.85. The second-order valence-corrected chi connectivity index (χ2v) is 5.07. The van der Waals surface area contributed by atoms with Crippen molar-refractivity contribution in [3.63, 3.8) is 0 Å². The Bertz CT molecular complexity index is 452. The van der Waals surface area contributed by atoms with Crippen LogP contribution in [0.4, 0.5) is 0 Å². The topological polar surface area (TPSA) is 45.5 Å². The Balaban J connectivity index is 1.71. The van der Waals surface area contributed by atoms with Gasteiger partial charge in [0.1, 0.15) is 11.8 Å². The molecule has 0 radical (unpaired) electrons. The third-order valence-electron chi connectivity index (χ3n) is 3.50. The van der Waals surface area contributed by atoms with Gasteiger partial charge >= 0.3 is 0 Å². The number of rotatable bonds is 9. The molecule has 20 heavy (non-hydrogen) atoms. The first-order valence-corrected chi connectivity index (χ1v) is 7.20. The number of nitriles is 1. The van der Waals surface area contributed by atoms with Gasteiger partial charge in [-0.25, -0.2) is 0 Å². The quantitative estimate of drug-likeness (QED) is 0.649. The van der Waals surface area contributed by atoms with Crippen LogP contribution in [-0.2, 0) is 4.74 Å². The molecule has 0 aliphatic heterocycles. The molecule has 0 unspecified atom stereocenters. The van der Waals surface area contributed by atoms with E-state index in [1.807, 2.05) is 18.2 Å². The Labute approximate surface area is 120 Å². The van der Waals surface area contributed by atoms with Gasteiger partial charge in [-0.05, 0) is 31.4 Å². The van der Waals surface area contributed by atoms with E-state index in [2.05, 4.69) is 11.0 Å². The van der Waals surface area contributed by atoms with Gasteiger partial charge in [0.2, 0.25) is 0 Å². The summed E-state index contributed by atoms with van der Waals surface area (Å²) >= 11 is 0. The van der Waals surface area contributed by atoms with Gasteiger partial charge in [0.15, 0.2) is 0 Å². The molecule has 108 valence electrons. The highest BCUT2D eigenvalue weighted by atomic mass is 16.5. The zero-order chi connectivity index (χ0) is 14.2. The van der Waals surface area contributed by atoms with E-state index in [-0.39, 0.29) is 0 Å². The molecule has 2 rings (SSSR count). The lowest BCUT2D eigenvalue weighted by Crippen LogP contribution is -2.31. The molecule has 4 heteroatoms. The van der Waals surface area contributed by atoms with Crippen molar-refractivity contribution in [1.82, 2.24) is 4.90 Å². The van der Waals surface area contributed by atoms with Crippen LogP contribution in [0.3, 0.4) is 0 Å². The maximum Gasteiger partial charge on any atom is 0.137 e. The highest BCUT2D eigenvalue weighted by Crippen LogP contribution is 2.26. The summed E-state index contributed by atoms with van der Waals surface area (Å²) in [6.45, 7) is 3.46. The normalized spacial score (nSPS) is 14.2. The third kappa shape index (κ3) is 4.52. The second-order valence-electron chi connectivity index (χ2n) is 5.07. The van der Waals surface area contributed by atoms with Crippen molar-refractivity contribution < 1.29 is 9.47 Å². The molecular formula is C16H22N2O2. The minimum absolute atomic E-state index is 0.603. The third-order valence-corrected chi connectivity index (χ3v) is 3.50. The average Bonchev–Trinajstić information content (AvgIpc) is 3.31. The van der Waals surface area contributed by atoms with E-state index in [1.165, 1.54) is 12.8 Å². The lowest BCUT2D eigenvalue weighted by molar-refractivity contribution is 0.138. The Morgan fingerprint density at radius 1 is 1.25 bits per heavy atom. The molecule has 0 heterocycles. The van der Waals surface area contributed by atoms with Crippen molar-refractivity contribution in [2.24, 2.45) is 0 Å². The molecule has 0 bridgehead atoms. The fourth-order valence-corrected chi connectivity index (χ4v) is 2.26. The molecule has 1 aromatic rings. The number of hydrogen-bond donors (Lipinski definition) is 0. The summed E-state index contributed by atoms with van der Waals surface area (Å²) in [7, 11) is 1.74. The number of para-hydroxylation sites is 1. The molecule has 4 nitrogen and oxygen atoms in total. The molecule has 0 atom stereocenters. The number of hydrogen-bond acceptors (Lipinski definition) is 4. The Hall–Kier alpha value is -1.57. The fraction of sp³-hybridized carbons (Fsp3) is 0.562. The molecule has 0 N–H and O–H groups in total. The lowest BCUT2D eigenvalue weighted by Gasteiger charge is -2.21. The molecule has 0 amide bonds. The van der Waals surface area contributed by atoms with E-state index in [4.69, 9.17) is 14.7 Å². The van der Waals surface area contributed by atoms with Crippen LogP contribution in [0.1, 0.15) is 24.8 Å². The summed E-state index contributed by atoms with van der Waals surface area (Å²) in [5.74, 6) is 0.685. The maximum atomic E-state index is 8.99. The lowest BCUT2D eigenvalue weighted by atomic mass is 10.2. The summed E-state index contributed by atoms with van der Waals surface area (Å²) < 4.78 is 10.8. The number of nitrogens with zero attached hydrogens (tertiary/aromatic N) is 2. The molecular weight excluding hydrogens is 252 g/mol. The molecule has 1 fully saturated rings. The minimum atomic E-state index is 0.603. The summed E-state index contributed by atoms with van der Waals surface area (Å²) in [4.78, 5) is 2.48. The standard InChI is InChI=1S/C16H22N2O2/c1-19-12-10-18(15-7-8-15)9-4-11-20-16-6-3-2-5-14(16)13-17/h2-3,5-6,15H,4,7-12H2,1H3. The van der Waals surface area contributed by atoms with Gasteiger partial charge in [-0.1, -0.05) is 12.1 Å². The van der Waals surface area contributed by atoms with Crippen molar-refractivity contribution in [3.8, 4) is 11.8 Å². The van der Waals surface area contributed by atoms with E-state index < -0.39 is 0 Å². The van der Waals surface area contributed by atoms with Crippen molar-refractivity contribution in [2.45, 2.75) is 25.3 Å². The summed E-state index contributed by atoms with van der Waals surface area (Å²) in [5.41, 5.74) is 0.603. The number of methoxy groups -OCH3 is 1. The summed E-state index contributed by atoms with van der Waals surface area (Å²) in [6.07, 6.45) is 3.59. The zero-order valence-corrected chi connectivity index (χ0v) is 12.0. The van der Waals surface area contributed by atoms with E-state index in [1.54, 1.807) is 13.2 Å². The number of benzene rings is 1. The van der Waals surface area contributed by atoms with Crippen LogP contribution in [0.15, 0.2) is 24.3 Å². The fourth-order valence-electron chi connectivity index (χ4n) is 2.26. The Morgan fingerprint density at radius 2 is 2.05 bits per heavy atom. The van der Waals surface area contributed by atoms with Gasteiger partial charge < -0.3 is 9.47 Å². The van der Waals surface area contributed by atoms with Crippen LogP contribution in [0.25, 0.3) is 0 Å². The van der Waals surface area contributed by atoms with Gasteiger partial charge in [-0.15, -0.1) is 0 Å². The molecule has 1 aromatic carbocycles. The van der Waals surface area contributed by atoms with Crippen LogP contribution < -0.4 is 4.74 Å². The molecule has 0 aromatic heterocycles. The first kappa shape index (κ1) is 14.8. The Kier molecular flexibility index (Phi) is 5.85. The smallest absolute Gasteiger partial charge is 0.137 e. The van der Waals surface area contributed by atoms with Gasteiger partial charge in [0, 0.05) is 26.2 Å². The highest BCUT2D eigenvalue weighted by molar-refractivity contribution is 5.42. The van der Waals surface area contributed by atoms with E-state index >= 15 is 0 Å². The first-order valence-electron chi connectivity index (χ1n) is 7.20. The van der Waals surface area contributed by atoms with Crippen molar-refractivity contribution >= 4 is 0 Å². The van der Waals surface area contributed by atoms with Gasteiger partial charge in [-0.3, -0.25) is 4.90 Å². The van der Waals surface area contributed by atoms with Gasteiger partial charge in [0.05, 0.1) is 18.8 Å². The number of ether oxygens (including phenoxy) is 2. The largest absolute Gasteiger partial charge is 0.492 e. The van der Waals surface area contributed by atoms with E-state index in [0.717, 1.165) is 32.2 Å². The monoisotopic (exact) mass is 274 g/mol. The van der Waals surface area contributed by atoms with E-state index in [9.17, 15) is 0 Å². The van der Waals surface area contributed by atoms with Crippen LogP contribution in [0.5, 0.6) is 5.75 Å². The molecule has 1 saturated carbocycles. The SMILES string of the molecule is COCCN(CCCOc1ccccc1C#N)C1CC1. The van der Waals surface area contributed by atoms with Crippen LogP contribution >= 0.6 is 0 Å². The molecule has 0 spiro atoms. The summed E-state index contributed by atoms with van der Waals surface area (Å²) in [5, 5.41) is 8.99. The van der Waals surface area contributed by atoms with E-state index in [0.29, 0.717) is 17.9 Å². The molecule has 1 aliphatic rings. The predicted molar refractivity (Wildman–Crippen MR) is 77.7 cm³/mol. The summed E-state index contributed by atoms with van der Waals surface area (Å²) in [6, 6.07) is 10.3.